The van der Waals surface area contributed by atoms with Crippen LogP contribution in [0.25, 0.3) is 0 Å². The number of ether oxygens (including phenoxy) is 3. The van der Waals surface area contributed by atoms with Crippen LogP contribution in [-0.2, 0) is 14.2 Å². The van der Waals surface area contributed by atoms with Gasteiger partial charge in [0.2, 0.25) is 0 Å². The van der Waals surface area contributed by atoms with E-state index in [0.717, 1.165) is 7.11 Å². The fourth-order valence-corrected chi connectivity index (χ4v) is 2.41. The molecule has 1 heterocycles. The van der Waals surface area contributed by atoms with E-state index in [1.54, 1.807) is 41.5 Å². The fraction of sp³-hybridized carbons (Fsp3) is 0.600. The largest absolute Gasteiger partial charge is 0.464 e. The Balaban J connectivity index is 3.73. The summed E-state index contributed by atoms with van der Waals surface area (Å²) in [6.45, 7) is 10.4. The lowest BCUT2D eigenvalue weighted by Gasteiger charge is -2.29. The number of amides is 2. The summed E-state index contributed by atoms with van der Waals surface area (Å²) in [5, 5.41) is -0.339. The van der Waals surface area contributed by atoms with Gasteiger partial charge in [-0.15, -0.1) is 0 Å². The van der Waals surface area contributed by atoms with Crippen LogP contribution in [0.1, 0.15) is 70.6 Å². The van der Waals surface area contributed by atoms with Gasteiger partial charge in [0.1, 0.15) is 11.2 Å². The number of nitrogens with zero attached hydrogens (tertiary/aromatic N) is 2. The highest BCUT2D eigenvalue weighted by molar-refractivity contribution is 6.37. The molecule has 10 heteroatoms. The topological polar surface area (TPSA) is 95.0 Å². The number of esters is 1. The van der Waals surface area contributed by atoms with Crippen molar-refractivity contribution >= 4 is 35.4 Å². The SMILES string of the molecule is COC(=O)c1nc(C(C)CF)cc(N(C(=O)OC(C)(C)C)C(=O)OC(C)(C)C)c1Cl. The molecule has 2 amide bonds. The van der Waals surface area contributed by atoms with Gasteiger partial charge in [0, 0.05) is 11.6 Å². The fourth-order valence-electron chi connectivity index (χ4n) is 2.15. The highest BCUT2D eigenvalue weighted by Crippen LogP contribution is 2.34. The number of hydrogen-bond donors (Lipinski definition) is 0. The minimum absolute atomic E-state index is 0.0921. The van der Waals surface area contributed by atoms with Crippen LogP contribution in [0, 0.1) is 0 Å². The number of anilines is 1. The van der Waals surface area contributed by atoms with E-state index < -0.39 is 42.0 Å². The first-order valence-corrected chi connectivity index (χ1v) is 9.60. The second-order valence-electron chi connectivity index (χ2n) is 8.57. The van der Waals surface area contributed by atoms with E-state index >= 15 is 0 Å². The lowest BCUT2D eigenvalue weighted by Crippen LogP contribution is -2.44. The molecule has 1 aromatic heterocycles. The smallest absolute Gasteiger partial charge is 0.424 e. The number of alkyl halides is 1. The van der Waals surface area contributed by atoms with Gasteiger partial charge in [-0.2, -0.15) is 4.90 Å². The summed E-state index contributed by atoms with van der Waals surface area (Å²) in [4.78, 5) is 42.5. The highest BCUT2D eigenvalue weighted by atomic mass is 35.5. The second-order valence-corrected chi connectivity index (χ2v) is 8.95. The minimum Gasteiger partial charge on any atom is -0.464 e. The predicted molar refractivity (Wildman–Crippen MR) is 110 cm³/mol. The second kappa shape index (κ2) is 9.59. The molecule has 0 saturated carbocycles. The van der Waals surface area contributed by atoms with Crippen LogP contribution in [0.5, 0.6) is 0 Å². The van der Waals surface area contributed by atoms with Crippen LogP contribution < -0.4 is 4.90 Å². The minimum atomic E-state index is -1.08. The molecule has 0 saturated heterocycles. The third kappa shape index (κ3) is 6.83. The van der Waals surface area contributed by atoms with Crippen molar-refractivity contribution in [2.24, 2.45) is 0 Å². The number of pyridine rings is 1. The van der Waals surface area contributed by atoms with Crippen molar-refractivity contribution in [1.82, 2.24) is 4.98 Å². The molecule has 0 N–H and O–H groups in total. The van der Waals surface area contributed by atoms with Gasteiger partial charge in [-0.05, 0) is 47.6 Å². The summed E-state index contributed by atoms with van der Waals surface area (Å²) in [6, 6.07) is 1.24. The van der Waals surface area contributed by atoms with Gasteiger partial charge in [-0.25, -0.2) is 19.4 Å². The third-order valence-corrected chi connectivity index (χ3v) is 3.84. The van der Waals surface area contributed by atoms with Crippen molar-refractivity contribution in [3.8, 4) is 0 Å². The van der Waals surface area contributed by atoms with Crippen LogP contribution >= 0.6 is 11.6 Å². The summed E-state index contributed by atoms with van der Waals surface area (Å²) in [5.41, 5.74) is -2.40. The molecule has 1 unspecified atom stereocenters. The van der Waals surface area contributed by atoms with Gasteiger partial charge in [-0.1, -0.05) is 18.5 Å². The van der Waals surface area contributed by atoms with E-state index in [1.807, 2.05) is 0 Å². The first kappa shape index (κ1) is 25.6. The number of carbonyl (C=O) groups excluding carboxylic acids is 3. The predicted octanol–water partition coefficient (Wildman–Crippen LogP) is 5.27. The van der Waals surface area contributed by atoms with Crippen LogP contribution in [0.4, 0.5) is 19.7 Å². The van der Waals surface area contributed by atoms with Gasteiger partial charge in [0.05, 0.1) is 24.5 Å². The van der Waals surface area contributed by atoms with Gasteiger partial charge in [0.25, 0.3) is 0 Å². The zero-order valence-electron chi connectivity index (χ0n) is 18.5. The molecule has 1 atom stereocenters. The van der Waals surface area contributed by atoms with Crippen molar-refractivity contribution in [3.05, 3.63) is 22.5 Å². The number of methoxy groups -OCH3 is 1. The Morgan fingerprint density at radius 2 is 1.57 bits per heavy atom. The summed E-state index contributed by atoms with van der Waals surface area (Å²) < 4.78 is 28.6. The first-order valence-electron chi connectivity index (χ1n) is 9.22. The number of aromatic nitrogens is 1. The van der Waals surface area contributed by atoms with Crippen molar-refractivity contribution < 1.29 is 33.0 Å². The molecule has 30 heavy (non-hydrogen) atoms. The van der Waals surface area contributed by atoms with Crippen LogP contribution in [-0.4, -0.2) is 48.1 Å². The number of rotatable bonds is 4. The van der Waals surface area contributed by atoms with Crippen molar-refractivity contribution in [3.63, 3.8) is 0 Å². The molecule has 0 aromatic carbocycles. The maximum absolute atomic E-state index is 13.3. The number of halogens is 2. The number of hydrogen-bond acceptors (Lipinski definition) is 7. The Bertz CT molecular complexity index is 789. The van der Waals surface area contributed by atoms with E-state index in [9.17, 15) is 18.8 Å². The summed E-state index contributed by atoms with van der Waals surface area (Å²) in [7, 11) is 1.12. The van der Waals surface area contributed by atoms with Gasteiger partial charge in [-0.3, -0.25) is 4.39 Å². The highest BCUT2D eigenvalue weighted by Gasteiger charge is 2.36. The van der Waals surface area contributed by atoms with Gasteiger partial charge >= 0.3 is 18.2 Å². The molecular weight excluding hydrogens is 419 g/mol. The molecule has 0 aliphatic rings. The molecule has 8 nitrogen and oxygen atoms in total. The lowest BCUT2D eigenvalue weighted by atomic mass is 10.1. The Morgan fingerprint density at radius 3 is 1.93 bits per heavy atom. The Morgan fingerprint density at radius 1 is 1.10 bits per heavy atom. The van der Waals surface area contributed by atoms with Crippen LogP contribution in [0.2, 0.25) is 5.02 Å². The average Bonchev–Trinajstić information content (AvgIpc) is 2.58. The molecule has 1 aromatic rings. The average molecular weight is 447 g/mol. The molecule has 0 aliphatic carbocycles. The van der Waals surface area contributed by atoms with Crippen molar-refractivity contribution in [2.75, 3.05) is 18.7 Å². The molecule has 168 valence electrons. The van der Waals surface area contributed by atoms with Gasteiger partial charge in [0.15, 0.2) is 5.69 Å². The number of imide groups is 1. The first-order chi connectivity index (χ1) is 13.6. The van der Waals surface area contributed by atoms with E-state index in [1.165, 1.54) is 13.0 Å². The normalized spacial score (nSPS) is 12.7. The molecule has 0 radical (unpaired) electrons. The maximum atomic E-state index is 13.3. The van der Waals surface area contributed by atoms with E-state index in [0.29, 0.717) is 4.90 Å². The van der Waals surface area contributed by atoms with Crippen molar-refractivity contribution in [1.29, 1.82) is 0 Å². The number of carbonyl (C=O) groups is 3. The Kier molecular flexibility index (Phi) is 8.19. The molecule has 0 aliphatic heterocycles. The summed E-state index contributed by atoms with van der Waals surface area (Å²) in [5.74, 6) is -1.66. The molecule has 0 fully saturated rings. The monoisotopic (exact) mass is 446 g/mol. The Hall–Kier alpha value is -2.42. The van der Waals surface area contributed by atoms with Crippen molar-refractivity contribution in [2.45, 2.75) is 65.6 Å². The van der Waals surface area contributed by atoms with Gasteiger partial charge < -0.3 is 14.2 Å². The van der Waals surface area contributed by atoms with E-state index in [2.05, 4.69) is 9.72 Å². The maximum Gasteiger partial charge on any atom is 0.424 e. The zero-order valence-corrected chi connectivity index (χ0v) is 19.2. The molecular formula is C20H28ClFN2O6. The van der Waals surface area contributed by atoms with Crippen LogP contribution in [0.3, 0.4) is 0 Å². The zero-order chi connectivity index (χ0) is 23.4. The van der Waals surface area contributed by atoms with Crippen LogP contribution in [0.15, 0.2) is 6.07 Å². The van der Waals surface area contributed by atoms with E-state index in [-0.39, 0.29) is 22.1 Å². The summed E-state index contributed by atoms with van der Waals surface area (Å²) >= 11 is 6.31. The molecule has 0 spiro atoms. The standard InChI is InChI=1S/C20H28ClFN2O6/c1-11(10-22)12-9-13(14(21)15(23-12)16(25)28-8)24(17(26)29-19(2,3)4)18(27)30-20(5,6)7/h9,11H,10H2,1-8H3. The lowest BCUT2D eigenvalue weighted by molar-refractivity contribution is 0.0428. The molecule has 1 rings (SSSR count). The quantitative estimate of drug-likeness (QED) is 0.459. The molecule has 0 bridgehead atoms. The third-order valence-electron chi connectivity index (χ3n) is 3.47. The van der Waals surface area contributed by atoms with E-state index in [4.69, 9.17) is 21.1 Å². The summed E-state index contributed by atoms with van der Waals surface area (Å²) in [6.07, 6.45) is -2.17. The Labute approximate surface area is 180 Å².